The number of aliphatic hydroxyl groups is 1. The standard InChI is InChI=1S/C18H17FN2O3/c1-2-8-24-17-7-6-15(19)10-16(17)21-18(23)20-11-13-4-3-5-14(9-13)12-22/h1,3-7,9-10,22H,8,11-12H2,(H2,20,21,23). The van der Waals surface area contributed by atoms with Gasteiger partial charge in [0.15, 0.2) is 0 Å². The fourth-order valence-electron chi connectivity index (χ4n) is 2.03. The van der Waals surface area contributed by atoms with Crippen LogP contribution in [0.1, 0.15) is 11.1 Å². The zero-order chi connectivity index (χ0) is 17.4. The number of anilines is 1. The van der Waals surface area contributed by atoms with E-state index in [-0.39, 0.29) is 31.2 Å². The van der Waals surface area contributed by atoms with Crippen LogP contribution in [0.2, 0.25) is 0 Å². The van der Waals surface area contributed by atoms with Crippen LogP contribution in [0.15, 0.2) is 42.5 Å². The number of carbonyl (C=O) groups is 1. The molecule has 0 spiro atoms. The Bertz CT molecular complexity index is 756. The van der Waals surface area contributed by atoms with Crippen LogP contribution in [-0.2, 0) is 13.2 Å². The average Bonchev–Trinajstić information content (AvgIpc) is 2.59. The minimum Gasteiger partial charge on any atom is -0.479 e. The molecule has 0 unspecified atom stereocenters. The lowest BCUT2D eigenvalue weighted by atomic mass is 10.1. The third kappa shape index (κ3) is 5.00. The third-order valence-corrected chi connectivity index (χ3v) is 3.13. The third-order valence-electron chi connectivity index (χ3n) is 3.13. The minimum atomic E-state index is -0.513. The molecule has 2 aromatic carbocycles. The highest BCUT2D eigenvalue weighted by atomic mass is 19.1. The van der Waals surface area contributed by atoms with Crippen LogP contribution in [0.5, 0.6) is 5.75 Å². The quantitative estimate of drug-likeness (QED) is 0.714. The SMILES string of the molecule is C#CCOc1ccc(F)cc1NC(=O)NCc1cccc(CO)c1. The Morgan fingerprint density at radius 1 is 1.25 bits per heavy atom. The van der Waals surface area contributed by atoms with Gasteiger partial charge in [-0.1, -0.05) is 30.2 Å². The first-order chi connectivity index (χ1) is 11.6. The first-order valence-corrected chi connectivity index (χ1v) is 7.21. The number of nitrogens with one attached hydrogen (secondary N) is 2. The lowest BCUT2D eigenvalue weighted by Crippen LogP contribution is -2.28. The minimum absolute atomic E-state index is 0.00980. The van der Waals surface area contributed by atoms with Crippen molar-refractivity contribution < 1.29 is 19.0 Å². The summed E-state index contributed by atoms with van der Waals surface area (Å²) >= 11 is 0. The van der Waals surface area contributed by atoms with Crippen LogP contribution >= 0.6 is 0 Å². The summed E-state index contributed by atoms with van der Waals surface area (Å²) in [6.45, 7) is 0.199. The molecule has 2 amide bonds. The zero-order valence-corrected chi connectivity index (χ0v) is 12.9. The Kier molecular flexibility index (Phi) is 6.17. The van der Waals surface area contributed by atoms with E-state index < -0.39 is 11.8 Å². The summed E-state index contributed by atoms with van der Waals surface area (Å²) in [7, 11) is 0. The number of halogens is 1. The molecule has 0 aliphatic rings. The van der Waals surface area contributed by atoms with Crippen LogP contribution in [0.3, 0.4) is 0 Å². The van der Waals surface area contributed by atoms with Crippen molar-refractivity contribution in [1.29, 1.82) is 0 Å². The number of urea groups is 1. The molecule has 0 heterocycles. The summed E-state index contributed by atoms with van der Waals surface area (Å²) in [5.41, 5.74) is 1.77. The smallest absolute Gasteiger partial charge is 0.319 e. The maximum atomic E-state index is 13.4. The van der Waals surface area contributed by atoms with Gasteiger partial charge in [0.2, 0.25) is 0 Å². The molecule has 2 aromatic rings. The van der Waals surface area contributed by atoms with Crippen LogP contribution in [0, 0.1) is 18.2 Å². The number of benzene rings is 2. The van der Waals surface area contributed by atoms with E-state index in [4.69, 9.17) is 16.3 Å². The molecular weight excluding hydrogens is 311 g/mol. The number of hydrogen-bond acceptors (Lipinski definition) is 3. The summed E-state index contributed by atoms with van der Waals surface area (Å²) in [4.78, 5) is 12.0. The van der Waals surface area contributed by atoms with Gasteiger partial charge in [0.1, 0.15) is 18.2 Å². The van der Waals surface area contributed by atoms with E-state index >= 15 is 0 Å². The fraction of sp³-hybridized carbons (Fsp3) is 0.167. The lowest BCUT2D eigenvalue weighted by molar-refractivity contribution is 0.251. The number of ether oxygens (including phenoxy) is 1. The van der Waals surface area contributed by atoms with Crippen LogP contribution < -0.4 is 15.4 Å². The molecule has 0 aromatic heterocycles. The molecule has 0 aliphatic carbocycles. The predicted octanol–water partition coefficient (Wildman–Crippen LogP) is 2.65. The number of hydrogen-bond donors (Lipinski definition) is 3. The molecule has 24 heavy (non-hydrogen) atoms. The maximum absolute atomic E-state index is 13.4. The van der Waals surface area contributed by atoms with E-state index in [1.54, 1.807) is 18.2 Å². The molecule has 2 rings (SSSR count). The summed E-state index contributed by atoms with van der Waals surface area (Å²) in [6, 6.07) is 10.4. The molecular formula is C18H17FN2O3. The fourth-order valence-corrected chi connectivity index (χ4v) is 2.03. The number of carbonyl (C=O) groups excluding carboxylic acids is 1. The number of rotatable bonds is 6. The van der Waals surface area contributed by atoms with Crippen molar-refractivity contribution in [3.63, 3.8) is 0 Å². The summed E-state index contributed by atoms with van der Waals surface area (Å²) in [5.74, 6) is 2.08. The molecule has 0 saturated carbocycles. The highest BCUT2D eigenvalue weighted by Crippen LogP contribution is 2.25. The predicted molar refractivity (Wildman–Crippen MR) is 89.0 cm³/mol. The van der Waals surface area contributed by atoms with Gasteiger partial charge < -0.3 is 20.5 Å². The van der Waals surface area contributed by atoms with Crippen molar-refractivity contribution in [2.45, 2.75) is 13.2 Å². The van der Waals surface area contributed by atoms with E-state index in [1.807, 2.05) is 6.07 Å². The highest BCUT2D eigenvalue weighted by molar-refractivity contribution is 5.90. The first kappa shape index (κ1) is 17.3. The van der Waals surface area contributed by atoms with Crippen molar-refractivity contribution >= 4 is 11.7 Å². The van der Waals surface area contributed by atoms with Crippen LogP contribution in [-0.4, -0.2) is 17.7 Å². The van der Waals surface area contributed by atoms with Gasteiger partial charge in [0.05, 0.1) is 12.3 Å². The Labute approximate surface area is 139 Å². The van der Waals surface area contributed by atoms with Gasteiger partial charge >= 0.3 is 6.03 Å². The van der Waals surface area contributed by atoms with Crippen molar-refractivity contribution in [3.8, 4) is 18.1 Å². The maximum Gasteiger partial charge on any atom is 0.319 e. The molecule has 0 bridgehead atoms. The molecule has 5 nitrogen and oxygen atoms in total. The molecule has 0 aliphatic heterocycles. The Hall–Kier alpha value is -3.04. The largest absolute Gasteiger partial charge is 0.479 e. The number of terminal acetylenes is 1. The topological polar surface area (TPSA) is 70.6 Å². The Morgan fingerprint density at radius 3 is 2.79 bits per heavy atom. The zero-order valence-electron chi connectivity index (χ0n) is 12.9. The molecule has 124 valence electrons. The lowest BCUT2D eigenvalue weighted by Gasteiger charge is -2.12. The summed E-state index contributed by atoms with van der Waals surface area (Å²) < 4.78 is 18.6. The molecule has 6 heteroatoms. The van der Waals surface area contributed by atoms with E-state index in [2.05, 4.69) is 16.6 Å². The Morgan fingerprint density at radius 2 is 2.04 bits per heavy atom. The van der Waals surface area contributed by atoms with Crippen molar-refractivity contribution in [2.75, 3.05) is 11.9 Å². The summed E-state index contributed by atoms with van der Waals surface area (Å²) in [5, 5.41) is 14.3. The van der Waals surface area contributed by atoms with Gasteiger partial charge in [-0.3, -0.25) is 0 Å². The molecule has 0 fully saturated rings. The van der Waals surface area contributed by atoms with Crippen LogP contribution in [0.4, 0.5) is 14.9 Å². The van der Waals surface area contributed by atoms with Gasteiger partial charge in [-0.2, -0.15) is 0 Å². The summed E-state index contributed by atoms with van der Waals surface area (Å²) in [6.07, 6.45) is 5.13. The van der Waals surface area contributed by atoms with Gasteiger partial charge in [-0.05, 0) is 23.3 Å². The second kappa shape index (κ2) is 8.56. The molecule has 0 radical (unpaired) electrons. The van der Waals surface area contributed by atoms with E-state index in [0.717, 1.165) is 17.2 Å². The van der Waals surface area contributed by atoms with Gasteiger partial charge in [0, 0.05) is 12.6 Å². The van der Waals surface area contributed by atoms with E-state index in [9.17, 15) is 9.18 Å². The van der Waals surface area contributed by atoms with E-state index in [0.29, 0.717) is 0 Å². The van der Waals surface area contributed by atoms with Crippen molar-refractivity contribution in [3.05, 3.63) is 59.4 Å². The average molecular weight is 328 g/mol. The monoisotopic (exact) mass is 328 g/mol. The normalized spacial score (nSPS) is 9.88. The highest BCUT2D eigenvalue weighted by Gasteiger charge is 2.09. The van der Waals surface area contributed by atoms with Crippen molar-refractivity contribution in [2.24, 2.45) is 0 Å². The molecule has 0 atom stereocenters. The first-order valence-electron chi connectivity index (χ1n) is 7.21. The van der Waals surface area contributed by atoms with Crippen LogP contribution in [0.25, 0.3) is 0 Å². The number of amides is 2. The van der Waals surface area contributed by atoms with E-state index in [1.165, 1.54) is 12.1 Å². The Balaban J connectivity index is 1.99. The molecule has 0 saturated heterocycles. The van der Waals surface area contributed by atoms with Gasteiger partial charge in [-0.15, -0.1) is 6.42 Å². The van der Waals surface area contributed by atoms with Gasteiger partial charge in [-0.25, -0.2) is 9.18 Å². The second-order valence-electron chi connectivity index (χ2n) is 4.92. The van der Waals surface area contributed by atoms with Gasteiger partial charge in [0.25, 0.3) is 0 Å². The second-order valence-corrected chi connectivity index (χ2v) is 4.92. The van der Waals surface area contributed by atoms with Crippen molar-refractivity contribution in [1.82, 2.24) is 5.32 Å². The molecule has 3 N–H and O–H groups in total. The number of aliphatic hydroxyl groups excluding tert-OH is 1.